The van der Waals surface area contributed by atoms with E-state index in [2.05, 4.69) is 9.46 Å². The second-order valence-electron chi connectivity index (χ2n) is 4.87. The number of nitrogens with one attached hydrogen (secondary N) is 1. The highest BCUT2D eigenvalue weighted by molar-refractivity contribution is 7.89. The highest BCUT2D eigenvalue weighted by Crippen LogP contribution is 2.18. The van der Waals surface area contributed by atoms with Crippen molar-refractivity contribution in [3.63, 3.8) is 0 Å². The molecular formula is C15H16N2O5S. The molecule has 1 atom stereocenters. The summed E-state index contributed by atoms with van der Waals surface area (Å²) >= 11 is 0. The second kappa shape index (κ2) is 6.76. The summed E-state index contributed by atoms with van der Waals surface area (Å²) in [4.78, 5) is 22.3. The van der Waals surface area contributed by atoms with Crippen LogP contribution >= 0.6 is 0 Å². The number of hydrogen-bond donors (Lipinski definition) is 2. The van der Waals surface area contributed by atoms with Crippen molar-refractivity contribution in [3.8, 4) is 0 Å². The normalized spacial score (nSPS) is 12.7. The Morgan fingerprint density at radius 2 is 1.83 bits per heavy atom. The number of benzene rings is 2. The molecule has 0 heterocycles. The Bertz CT molecular complexity index is 848. The Balaban J connectivity index is 2.08. The van der Waals surface area contributed by atoms with Gasteiger partial charge < -0.3 is 10.5 Å². The van der Waals surface area contributed by atoms with Crippen LogP contribution in [-0.4, -0.2) is 32.9 Å². The molecule has 0 aliphatic carbocycles. The highest BCUT2D eigenvalue weighted by Gasteiger charge is 2.19. The molecule has 2 rings (SSSR count). The maximum atomic E-state index is 12.2. The average Bonchev–Trinajstić information content (AvgIpc) is 2.52. The third-order valence-corrected chi connectivity index (χ3v) is 4.55. The summed E-state index contributed by atoms with van der Waals surface area (Å²) < 4.78 is 31.2. The number of ether oxygens (including phenoxy) is 1. The lowest BCUT2D eigenvalue weighted by molar-refractivity contribution is -0.152. The molecule has 0 radical (unpaired) electrons. The van der Waals surface area contributed by atoms with E-state index in [0.717, 1.165) is 10.8 Å². The summed E-state index contributed by atoms with van der Waals surface area (Å²) in [5.41, 5.74) is 4.96. The van der Waals surface area contributed by atoms with Gasteiger partial charge in [-0.3, -0.25) is 9.59 Å². The fraction of sp³-hybridized carbons (Fsp3) is 0.200. The van der Waals surface area contributed by atoms with Crippen molar-refractivity contribution < 1.29 is 22.7 Å². The maximum absolute atomic E-state index is 12.2. The Labute approximate surface area is 133 Å². The summed E-state index contributed by atoms with van der Waals surface area (Å²) in [6, 6.07) is 11.9. The number of fused-ring (bicyclic) bond motifs is 1. The molecule has 0 saturated carbocycles. The van der Waals surface area contributed by atoms with Crippen LogP contribution in [0.2, 0.25) is 0 Å². The molecule has 0 aliphatic rings. The molecule has 0 aliphatic heterocycles. The number of sulfonamides is 1. The van der Waals surface area contributed by atoms with Gasteiger partial charge in [-0.2, -0.15) is 4.72 Å². The van der Waals surface area contributed by atoms with Gasteiger partial charge in [0.2, 0.25) is 10.0 Å². The van der Waals surface area contributed by atoms with Gasteiger partial charge in [-0.1, -0.05) is 30.3 Å². The van der Waals surface area contributed by atoms with Crippen LogP contribution in [0.25, 0.3) is 10.8 Å². The minimum atomic E-state index is -3.87. The van der Waals surface area contributed by atoms with E-state index in [1.807, 2.05) is 12.1 Å². The minimum absolute atomic E-state index is 0.0342. The van der Waals surface area contributed by atoms with E-state index >= 15 is 0 Å². The van der Waals surface area contributed by atoms with Crippen molar-refractivity contribution in [1.82, 2.24) is 4.72 Å². The summed E-state index contributed by atoms with van der Waals surface area (Å²) in [6.07, 6.45) is -1.12. The molecule has 7 nitrogen and oxygen atoms in total. The number of hydrogen-bond acceptors (Lipinski definition) is 5. The van der Waals surface area contributed by atoms with E-state index in [1.54, 1.807) is 18.2 Å². The Morgan fingerprint density at radius 1 is 1.17 bits per heavy atom. The van der Waals surface area contributed by atoms with E-state index in [1.165, 1.54) is 19.1 Å². The summed E-state index contributed by atoms with van der Waals surface area (Å²) in [6.45, 7) is 0.713. The summed E-state index contributed by atoms with van der Waals surface area (Å²) in [7, 11) is -3.87. The number of carbonyl (C=O) groups is 2. The first-order valence-electron chi connectivity index (χ1n) is 6.77. The number of primary amides is 1. The first-order valence-corrected chi connectivity index (χ1v) is 8.25. The third-order valence-electron chi connectivity index (χ3n) is 3.15. The van der Waals surface area contributed by atoms with Gasteiger partial charge in [0.05, 0.1) is 4.90 Å². The first kappa shape index (κ1) is 16.9. The minimum Gasteiger partial charge on any atom is -0.452 e. The largest absolute Gasteiger partial charge is 0.452 e. The number of esters is 1. The molecule has 0 aromatic heterocycles. The molecular weight excluding hydrogens is 320 g/mol. The molecule has 122 valence electrons. The lowest BCUT2D eigenvalue weighted by Gasteiger charge is -2.11. The Hall–Kier alpha value is -2.45. The molecule has 2 aromatic rings. The van der Waals surface area contributed by atoms with Crippen molar-refractivity contribution in [2.75, 3.05) is 6.54 Å². The summed E-state index contributed by atoms with van der Waals surface area (Å²) in [5.74, 6) is -1.70. The van der Waals surface area contributed by atoms with Crippen LogP contribution in [0.15, 0.2) is 47.4 Å². The quantitative estimate of drug-likeness (QED) is 0.747. The van der Waals surface area contributed by atoms with Crippen molar-refractivity contribution >= 4 is 32.7 Å². The molecule has 0 bridgehead atoms. The van der Waals surface area contributed by atoms with Crippen LogP contribution in [0.3, 0.4) is 0 Å². The topological polar surface area (TPSA) is 116 Å². The monoisotopic (exact) mass is 336 g/mol. The maximum Gasteiger partial charge on any atom is 0.321 e. The van der Waals surface area contributed by atoms with Crippen LogP contribution in [0.4, 0.5) is 0 Å². The second-order valence-corrected chi connectivity index (χ2v) is 6.63. The fourth-order valence-electron chi connectivity index (χ4n) is 1.87. The van der Waals surface area contributed by atoms with Crippen LogP contribution in [0.1, 0.15) is 6.92 Å². The van der Waals surface area contributed by atoms with E-state index in [4.69, 9.17) is 5.73 Å². The Morgan fingerprint density at radius 3 is 2.48 bits per heavy atom. The lowest BCUT2D eigenvalue weighted by atomic mass is 10.1. The van der Waals surface area contributed by atoms with E-state index in [9.17, 15) is 18.0 Å². The van der Waals surface area contributed by atoms with Crippen LogP contribution in [0, 0.1) is 0 Å². The van der Waals surface area contributed by atoms with Crippen LogP contribution < -0.4 is 10.5 Å². The van der Waals surface area contributed by atoms with Gasteiger partial charge in [-0.15, -0.1) is 0 Å². The zero-order valence-corrected chi connectivity index (χ0v) is 13.2. The number of rotatable bonds is 6. The summed E-state index contributed by atoms with van der Waals surface area (Å²) in [5, 5.41) is 1.67. The molecule has 8 heteroatoms. The number of amides is 1. The number of carbonyl (C=O) groups excluding carboxylic acids is 2. The van der Waals surface area contributed by atoms with Gasteiger partial charge in [0, 0.05) is 0 Å². The zero-order chi connectivity index (χ0) is 17.0. The molecule has 0 fully saturated rings. The van der Waals surface area contributed by atoms with Crippen LogP contribution in [-0.2, 0) is 24.3 Å². The average molecular weight is 336 g/mol. The molecule has 0 unspecified atom stereocenters. The van der Waals surface area contributed by atoms with Gasteiger partial charge >= 0.3 is 5.97 Å². The molecule has 3 N–H and O–H groups in total. The number of nitrogens with two attached hydrogens (primary N) is 1. The predicted molar refractivity (Wildman–Crippen MR) is 83.9 cm³/mol. The molecule has 23 heavy (non-hydrogen) atoms. The van der Waals surface area contributed by atoms with E-state index in [0.29, 0.717) is 0 Å². The van der Waals surface area contributed by atoms with Crippen molar-refractivity contribution in [2.45, 2.75) is 17.9 Å². The fourth-order valence-corrected chi connectivity index (χ4v) is 2.87. The lowest BCUT2D eigenvalue weighted by Crippen LogP contribution is -2.36. The van der Waals surface area contributed by atoms with Gasteiger partial charge in [-0.05, 0) is 29.8 Å². The highest BCUT2D eigenvalue weighted by atomic mass is 32.2. The van der Waals surface area contributed by atoms with Crippen molar-refractivity contribution in [3.05, 3.63) is 42.5 Å². The molecule has 1 amide bonds. The van der Waals surface area contributed by atoms with Gasteiger partial charge in [0.25, 0.3) is 5.91 Å². The third kappa shape index (κ3) is 4.27. The van der Waals surface area contributed by atoms with Gasteiger partial charge in [-0.25, -0.2) is 8.42 Å². The first-order chi connectivity index (χ1) is 10.8. The van der Waals surface area contributed by atoms with Gasteiger partial charge in [0.15, 0.2) is 6.10 Å². The zero-order valence-electron chi connectivity index (χ0n) is 12.4. The van der Waals surface area contributed by atoms with Crippen molar-refractivity contribution in [1.29, 1.82) is 0 Å². The molecule has 0 saturated heterocycles. The van der Waals surface area contributed by atoms with Crippen molar-refractivity contribution in [2.24, 2.45) is 5.73 Å². The molecule has 0 spiro atoms. The Kier molecular flexibility index (Phi) is 4.97. The SMILES string of the molecule is C[C@@H](OC(=O)CNS(=O)(=O)c1ccc2ccccc2c1)C(N)=O. The van der Waals surface area contributed by atoms with Crippen LogP contribution in [0.5, 0.6) is 0 Å². The van der Waals surface area contributed by atoms with Gasteiger partial charge in [0.1, 0.15) is 6.54 Å². The predicted octanol–water partition coefficient (Wildman–Crippen LogP) is 0.535. The van der Waals surface area contributed by atoms with E-state index in [-0.39, 0.29) is 4.90 Å². The van der Waals surface area contributed by atoms with E-state index < -0.39 is 34.5 Å². The molecule has 2 aromatic carbocycles. The smallest absolute Gasteiger partial charge is 0.321 e. The standard InChI is InChI=1S/C15H16N2O5S/c1-10(15(16)19)22-14(18)9-17-23(20,21)13-7-6-11-4-2-3-5-12(11)8-13/h2-8,10,17H,9H2,1H3,(H2,16,19)/t10-/m1/s1.